The molecule has 2 aromatic carbocycles. The molecule has 0 aliphatic carbocycles. The number of hydrogen-bond acceptors (Lipinski definition) is 5. The maximum Gasteiger partial charge on any atom is 0.321 e. The highest BCUT2D eigenvalue weighted by Crippen LogP contribution is 2.32. The summed E-state index contributed by atoms with van der Waals surface area (Å²) in [7, 11) is 4.74. The summed E-state index contributed by atoms with van der Waals surface area (Å²) in [5.74, 6) is -0.109. The number of benzene rings is 2. The van der Waals surface area contributed by atoms with Crippen LogP contribution in [0, 0.1) is 0 Å². The summed E-state index contributed by atoms with van der Waals surface area (Å²) in [5, 5.41) is 0. The van der Waals surface area contributed by atoms with Crippen molar-refractivity contribution in [2.45, 2.75) is 4.90 Å². The van der Waals surface area contributed by atoms with Crippen molar-refractivity contribution in [2.75, 3.05) is 27.0 Å². The Balaban J connectivity index is 2.13. The van der Waals surface area contributed by atoms with Crippen molar-refractivity contribution in [2.24, 2.45) is 0 Å². The molecule has 0 aromatic heterocycles. The van der Waals surface area contributed by atoms with Crippen LogP contribution in [0.4, 0.5) is 0 Å². The van der Waals surface area contributed by atoms with E-state index < -0.39 is 5.97 Å². The Morgan fingerprint density at radius 2 is 1.80 bits per heavy atom. The van der Waals surface area contributed by atoms with Crippen molar-refractivity contribution in [3.05, 3.63) is 52.5 Å². The van der Waals surface area contributed by atoms with Gasteiger partial charge in [0.15, 0.2) is 11.5 Å². The van der Waals surface area contributed by atoms with Crippen molar-refractivity contribution in [3.8, 4) is 11.5 Å². The summed E-state index contributed by atoms with van der Waals surface area (Å²) in [6.07, 6.45) is 0. The van der Waals surface area contributed by atoms with Crippen LogP contribution in [0.3, 0.4) is 0 Å². The minimum atomic E-state index is -0.453. The van der Waals surface area contributed by atoms with Crippen LogP contribution in [0.1, 0.15) is 10.4 Å². The van der Waals surface area contributed by atoms with Gasteiger partial charge in [-0.1, -0.05) is 22.0 Å². The molecule has 0 N–H and O–H groups in total. The number of thioether (sulfide) groups is 1. The molecule has 0 saturated heterocycles. The van der Waals surface area contributed by atoms with Gasteiger partial charge in [-0.2, -0.15) is 0 Å². The molecule has 0 aliphatic heterocycles. The van der Waals surface area contributed by atoms with Crippen molar-refractivity contribution in [3.63, 3.8) is 0 Å². The number of ether oxygens (including phenoxy) is 2. The summed E-state index contributed by atoms with van der Waals surface area (Å²) >= 11 is 4.73. The lowest BCUT2D eigenvalue weighted by Crippen LogP contribution is -2.23. The fourth-order valence-electron chi connectivity index (χ4n) is 2.01. The van der Waals surface area contributed by atoms with Crippen LogP contribution in [-0.2, 0) is 4.79 Å². The summed E-state index contributed by atoms with van der Waals surface area (Å²) in [4.78, 5) is 26.9. The van der Waals surface area contributed by atoms with Crippen LogP contribution in [0.15, 0.2) is 51.8 Å². The van der Waals surface area contributed by atoms with Gasteiger partial charge >= 0.3 is 5.97 Å². The zero-order valence-corrected chi connectivity index (χ0v) is 16.5. The molecular weight excluding hydrogens is 406 g/mol. The first kappa shape index (κ1) is 19.3. The molecule has 0 spiro atoms. The Labute approximate surface area is 159 Å². The van der Waals surface area contributed by atoms with Gasteiger partial charge in [0.1, 0.15) is 0 Å². The number of nitrogens with zero attached hydrogens (tertiary/aromatic N) is 1. The summed E-state index contributed by atoms with van der Waals surface area (Å²) in [5.41, 5.74) is 0.284. The number of para-hydroxylation sites is 1. The van der Waals surface area contributed by atoms with E-state index in [9.17, 15) is 9.59 Å². The Hall–Kier alpha value is -1.99. The third kappa shape index (κ3) is 5.24. The lowest BCUT2D eigenvalue weighted by Gasteiger charge is -2.16. The molecule has 0 fully saturated rings. The first-order valence-corrected chi connectivity index (χ1v) is 9.18. The van der Waals surface area contributed by atoms with Crippen molar-refractivity contribution in [1.29, 1.82) is 0 Å². The number of hydrogen-bond donors (Lipinski definition) is 0. The highest BCUT2D eigenvalue weighted by Gasteiger charge is 2.21. The number of esters is 1. The highest BCUT2D eigenvalue weighted by molar-refractivity contribution is 9.10. The lowest BCUT2D eigenvalue weighted by molar-refractivity contribution is -0.131. The van der Waals surface area contributed by atoms with Gasteiger partial charge in [-0.25, -0.2) is 0 Å². The Morgan fingerprint density at radius 3 is 2.40 bits per heavy atom. The predicted molar refractivity (Wildman–Crippen MR) is 102 cm³/mol. The standard InChI is InChI=1S/C18H18BrNO4S/c1-20(2)18(22)14-5-4-6-15(23-3)17(14)24-16(21)11-25-13-9-7-12(19)8-10-13/h4-10H,11H2,1-3H3. The molecular formula is C18H18BrNO4S. The number of methoxy groups -OCH3 is 1. The zero-order chi connectivity index (χ0) is 18.4. The quantitative estimate of drug-likeness (QED) is 0.401. The molecule has 0 saturated carbocycles. The lowest BCUT2D eigenvalue weighted by atomic mass is 10.1. The van der Waals surface area contributed by atoms with E-state index in [2.05, 4.69) is 15.9 Å². The maximum atomic E-state index is 12.3. The monoisotopic (exact) mass is 423 g/mol. The minimum absolute atomic E-state index is 0.120. The Bertz CT molecular complexity index is 762. The molecule has 2 aromatic rings. The van der Waals surface area contributed by atoms with E-state index in [0.29, 0.717) is 5.75 Å². The van der Waals surface area contributed by atoms with E-state index in [4.69, 9.17) is 9.47 Å². The highest BCUT2D eigenvalue weighted by atomic mass is 79.9. The minimum Gasteiger partial charge on any atom is -0.493 e. The van der Waals surface area contributed by atoms with E-state index in [1.54, 1.807) is 32.3 Å². The van der Waals surface area contributed by atoms with Crippen LogP contribution in [0.2, 0.25) is 0 Å². The van der Waals surface area contributed by atoms with Gasteiger partial charge < -0.3 is 14.4 Å². The Kier molecular flexibility index (Phi) is 6.90. The van der Waals surface area contributed by atoms with E-state index in [1.165, 1.54) is 23.8 Å². The topological polar surface area (TPSA) is 55.8 Å². The maximum absolute atomic E-state index is 12.3. The fraction of sp³-hybridized carbons (Fsp3) is 0.222. The molecule has 2 rings (SSSR count). The van der Waals surface area contributed by atoms with Crippen LogP contribution in [0.5, 0.6) is 11.5 Å². The van der Waals surface area contributed by atoms with Crippen molar-refractivity contribution < 1.29 is 19.1 Å². The third-order valence-corrected chi connectivity index (χ3v) is 4.74. The van der Waals surface area contributed by atoms with E-state index in [1.807, 2.05) is 24.3 Å². The number of rotatable bonds is 6. The van der Waals surface area contributed by atoms with E-state index >= 15 is 0 Å². The number of halogens is 1. The summed E-state index contributed by atoms with van der Waals surface area (Å²) in [6.45, 7) is 0. The van der Waals surface area contributed by atoms with Gasteiger partial charge in [-0.15, -0.1) is 11.8 Å². The van der Waals surface area contributed by atoms with Gasteiger partial charge in [0, 0.05) is 23.5 Å². The van der Waals surface area contributed by atoms with Gasteiger partial charge in [-0.05, 0) is 36.4 Å². The molecule has 5 nitrogen and oxygen atoms in total. The Morgan fingerprint density at radius 1 is 1.12 bits per heavy atom. The average Bonchev–Trinajstić information content (AvgIpc) is 2.60. The van der Waals surface area contributed by atoms with Crippen LogP contribution >= 0.6 is 27.7 Å². The summed E-state index contributed by atoms with van der Waals surface area (Å²) < 4.78 is 11.6. The van der Waals surface area contributed by atoms with Crippen LogP contribution < -0.4 is 9.47 Å². The molecule has 0 bridgehead atoms. The first-order chi connectivity index (χ1) is 11.9. The van der Waals surface area contributed by atoms with Crippen LogP contribution in [-0.4, -0.2) is 43.7 Å². The predicted octanol–water partition coefficient (Wildman–Crippen LogP) is 3.86. The van der Waals surface area contributed by atoms with Gasteiger partial charge in [0.2, 0.25) is 0 Å². The second kappa shape index (κ2) is 8.92. The molecule has 0 aliphatic rings. The fourth-order valence-corrected chi connectivity index (χ4v) is 2.94. The SMILES string of the molecule is COc1cccc(C(=O)N(C)C)c1OC(=O)CSc1ccc(Br)cc1. The molecule has 0 heterocycles. The first-order valence-electron chi connectivity index (χ1n) is 7.40. The van der Waals surface area contributed by atoms with E-state index in [-0.39, 0.29) is 23.0 Å². The van der Waals surface area contributed by atoms with E-state index in [0.717, 1.165) is 9.37 Å². The summed E-state index contributed by atoms with van der Waals surface area (Å²) in [6, 6.07) is 12.6. The molecule has 25 heavy (non-hydrogen) atoms. The zero-order valence-electron chi connectivity index (χ0n) is 14.1. The van der Waals surface area contributed by atoms with Gasteiger partial charge in [0.25, 0.3) is 5.91 Å². The molecule has 0 unspecified atom stereocenters. The van der Waals surface area contributed by atoms with Gasteiger partial charge in [0.05, 0.1) is 18.4 Å². The second-order valence-electron chi connectivity index (χ2n) is 5.25. The van der Waals surface area contributed by atoms with Crippen LogP contribution in [0.25, 0.3) is 0 Å². The normalized spacial score (nSPS) is 10.2. The molecule has 0 atom stereocenters. The molecule has 132 valence electrons. The van der Waals surface area contributed by atoms with Crippen molar-refractivity contribution in [1.82, 2.24) is 4.90 Å². The third-order valence-electron chi connectivity index (χ3n) is 3.22. The number of carbonyl (C=O) groups is 2. The van der Waals surface area contributed by atoms with Crippen molar-refractivity contribution >= 4 is 39.6 Å². The number of amides is 1. The molecule has 7 heteroatoms. The second-order valence-corrected chi connectivity index (χ2v) is 7.22. The molecule has 1 amide bonds. The molecule has 0 radical (unpaired) electrons. The smallest absolute Gasteiger partial charge is 0.321 e. The largest absolute Gasteiger partial charge is 0.493 e. The number of carbonyl (C=O) groups excluding carboxylic acids is 2. The van der Waals surface area contributed by atoms with Gasteiger partial charge in [-0.3, -0.25) is 9.59 Å². The average molecular weight is 424 g/mol.